The molecular weight excluding hydrogens is 188 g/mol. The minimum atomic E-state index is -0.236. The van der Waals surface area contributed by atoms with Crippen molar-refractivity contribution in [2.75, 3.05) is 6.61 Å². The van der Waals surface area contributed by atoms with E-state index in [0.29, 0.717) is 18.6 Å². The lowest BCUT2D eigenvalue weighted by atomic mass is 10.0. The van der Waals surface area contributed by atoms with E-state index in [-0.39, 0.29) is 5.97 Å². The summed E-state index contributed by atoms with van der Waals surface area (Å²) in [6.07, 6.45) is 5.26. The van der Waals surface area contributed by atoms with Crippen molar-refractivity contribution in [1.82, 2.24) is 0 Å². The summed E-state index contributed by atoms with van der Waals surface area (Å²) in [6.45, 7) is 10.5. The molecule has 88 valence electrons. The van der Waals surface area contributed by atoms with E-state index < -0.39 is 0 Å². The molecule has 0 fully saturated rings. The van der Waals surface area contributed by atoms with Crippen molar-refractivity contribution in [1.29, 1.82) is 0 Å². The van der Waals surface area contributed by atoms with Crippen molar-refractivity contribution >= 4 is 5.97 Å². The molecule has 0 aliphatic heterocycles. The Bertz CT molecular complexity index is 197. The van der Waals surface area contributed by atoms with Gasteiger partial charge in [-0.15, -0.1) is 0 Å². The fraction of sp³-hybridized carbons (Fsp3) is 0.769. The minimum Gasteiger partial charge on any atom is -0.462 e. The molecule has 0 radical (unpaired) electrons. The summed E-state index contributed by atoms with van der Waals surface area (Å²) in [4.78, 5) is 11.2. The van der Waals surface area contributed by atoms with Crippen molar-refractivity contribution in [2.24, 2.45) is 5.92 Å². The van der Waals surface area contributed by atoms with Crippen LogP contribution in [0.1, 0.15) is 52.9 Å². The molecule has 0 amide bonds. The highest BCUT2D eigenvalue weighted by Gasteiger charge is 2.06. The van der Waals surface area contributed by atoms with Crippen molar-refractivity contribution < 1.29 is 9.53 Å². The molecule has 0 saturated heterocycles. The zero-order chi connectivity index (χ0) is 11.7. The number of carbonyl (C=O) groups is 1. The summed E-state index contributed by atoms with van der Waals surface area (Å²) in [5.74, 6) is 0.503. The highest BCUT2D eigenvalue weighted by Crippen LogP contribution is 2.12. The molecule has 0 aromatic carbocycles. The maximum absolute atomic E-state index is 11.2. The number of rotatable bonds is 8. The van der Waals surface area contributed by atoms with Gasteiger partial charge in [-0.05, 0) is 25.2 Å². The molecule has 0 aromatic heterocycles. The second kappa shape index (κ2) is 8.51. The molecule has 0 aliphatic rings. The van der Waals surface area contributed by atoms with Gasteiger partial charge in [-0.1, -0.05) is 40.2 Å². The Kier molecular flexibility index (Phi) is 8.06. The average molecular weight is 212 g/mol. The Morgan fingerprint density at radius 1 is 1.33 bits per heavy atom. The van der Waals surface area contributed by atoms with Crippen LogP contribution in [-0.4, -0.2) is 12.6 Å². The number of ether oxygens (including phenoxy) is 1. The Morgan fingerprint density at radius 3 is 2.53 bits per heavy atom. The van der Waals surface area contributed by atoms with E-state index >= 15 is 0 Å². The first-order valence-electron chi connectivity index (χ1n) is 5.96. The second-order valence-corrected chi connectivity index (χ2v) is 4.13. The number of hydrogen-bond acceptors (Lipinski definition) is 2. The lowest BCUT2D eigenvalue weighted by molar-refractivity contribution is -0.139. The third kappa shape index (κ3) is 7.18. The van der Waals surface area contributed by atoms with Gasteiger partial charge in [-0.3, -0.25) is 0 Å². The molecule has 2 nitrogen and oxygen atoms in total. The van der Waals surface area contributed by atoms with Crippen LogP contribution in [0.3, 0.4) is 0 Å². The summed E-state index contributed by atoms with van der Waals surface area (Å²) in [7, 11) is 0. The predicted octanol–water partition coefficient (Wildman–Crippen LogP) is 3.71. The molecule has 1 atom stereocenters. The Morgan fingerprint density at radius 2 is 2.00 bits per heavy atom. The van der Waals surface area contributed by atoms with Gasteiger partial charge >= 0.3 is 5.97 Å². The third-order valence-corrected chi connectivity index (χ3v) is 2.57. The summed E-state index contributed by atoms with van der Waals surface area (Å²) >= 11 is 0. The number of carbonyl (C=O) groups excluding carboxylic acids is 1. The van der Waals surface area contributed by atoms with Gasteiger partial charge in [0, 0.05) is 5.57 Å². The zero-order valence-electron chi connectivity index (χ0n) is 10.3. The summed E-state index contributed by atoms with van der Waals surface area (Å²) in [5, 5.41) is 0. The SMILES string of the molecule is C=C(CC)C(=O)OCCCC(C)CCC. The van der Waals surface area contributed by atoms with Crippen LogP contribution in [0.25, 0.3) is 0 Å². The van der Waals surface area contributed by atoms with Gasteiger partial charge in [0.25, 0.3) is 0 Å². The molecule has 0 saturated carbocycles. The normalized spacial score (nSPS) is 12.2. The lowest BCUT2D eigenvalue weighted by Gasteiger charge is -2.10. The molecule has 0 heterocycles. The van der Waals surface area contributed by atoms with Crippen molar-refractivity contribution in [3.8, 4) is 0 Å². The van der Waals surface area contributed by atoms with Crippen molar-refractivity contribution in [3.63, 3.8) is 0 Å². The maximum Gasteiger partial charge on any atom is 0.333 e. The highest BCUT2D eigenvalue weighted by molar-refractivity contribution is 5.87. The summed E-state index contributed by atoms with van der Waals surface area (Å²) in [6, 6.07) is 0. The Hall–Kier alpha value is -0.790. The van der Waals surface area contributed by atoms with E-state index in [2.05, 4.69) is 20.4 Å². The third-order valence-electron chi connectivity index (χ3n) is 2.57. The first-order chi connectivity index (χ1) is 7.11. The van der Waals surface area contributed by atoms with Crippen LogP contribution in [0.15, 0.2) is 12.2 Å². The van der Waals surface area contributed by atoms with Gasteiger partial charge in [0.1, 0.15) is 0 Å². The van der Waals surface area contributed by atoms with Gasteiger partial charge in [0.2, 0.25) is 0 Å². The topological polar surface area (TPSA) is 26.3 Å². The van der Waals surface area contributed by atoms with Gasteiger partial charge in [0.15, 0.2) is 0 Å². The fourth-order valence-corrected chi connectivity index (χ4v) is 1.48. The Labute approximate surface area is 93.7 Å². The van der Waals surface area contributed by atoms with Gasteiger partial charge in [-0.25, -0.2) is 4.79 Å². The van der Waals surface area contributed by atoms with Crippen LogP contribution in [-0.2, 0) is 9.53 Å². The molecule has 0 aromatic rings. The second-order valence-electron chi connectivity index (χ2n) is 4.13. The quantitative estimate of drug-likeness (QED) is 0.348. The molecule has 0 N–H and O–H groups in total. The van der Waals surface area contributed by atoms with Crippen molar-refractivity contribution in [2.45, 2.75) is 52.9 Å². The molecular formula is C13H24O2. The van der Waals surface area contributed by atoms with Crippen LogP contribution in [0.2, 0.25) is 0 Å². The van der Waals surface area contributed by atoms with E-state index in [1.807, 2.05) is 6.92 Å². The van der Waals surface area contributed by atoms with Crippen LogP contribution in [0.5, 0.6) is 0 Å². The molecule has 2 heteroatoms. The van der Waals surface area contributed by atoms with E-state index in [0.717, 1.165) is 18.8 Å². The zero-order valence-corrected chi connectivity index (χ0v) is 10.3. The Balaban J connectivity index is 3.46. The largest absolute Gasteiger partial charge is 0.462 e. The standard InChI is InChI=1S/C13H24O2/c1-5-8-11(3)9-7-10-15-13(14)12(4)6-2/h11H,4-10H2,1-3H3. The lowest BCUT2D eigenvalue weighted by Crippen LogP contribution is -2.08. The molecule has 0 rings (SSSR count). The number of hydrogen-bond donors (Lipinski definition) is 0. The van der Waals surface area contributed by atoms with Gasteiger partial charge < -0.3 is 4.74 Å². The summed E-state index contributed by atoms with van der Waals surface area (Å²) in [5.41, 5.74) is 0.566. The molecule has 15 heavy (non-hydrogen) atoms. The minimum absolute atomic E-state index is 0.236. The van der Waals surface area contributed by atoms with Crippen LogP contribution in [0.4, 0.5) is 0 Å². The first kappa shape index (κ1) is 14.2. The average Bonchev–Trinajstić information content (AvgIpc) is 2.23. The van der Waals surface area contributed by atoms with E-state index in [9.17, 15) is 4.79 Å². The first-order valence-corrected chi connectivity index (χ1v) is 5.96. The van der Waals surface area contributed by atoms with E-state index in [4.69, 9.17) is 4.74 Å². The van der Waals surface area contributed by atoms with E-state index in [1.165, 1.54) is 12.8 Å². The molecule has 1 unspecified atom stereocenters. The molecule has 0 spiro atoms. The van der Waals surface area contributed by atoms with Gasteiger partial charge in [0.05, 0.1) is 6.61 Å². The molecule has 0 bridgehead atoms. The number of esters is 1. The van der Waals surface area contributed by atoms with E-state index in [1.54, 1.807) is 0 Å². The monoisotopic (exact) mass is 212 g/mol. The molecule has 0 aliphatic carbocycles. The maximum atomic E-state index is 11.2. The van der Waals surface area contributed by atoms with Crippen LogP contribution < -0.4 is 0 Å². The van der Waals surface area contributed by atoms with Crippen LogP contribution in [0, 0.1) is 5.92 Å². The van der Waals surface area contributed by atoms with Crippen LogP contribution >= 0.6 is 0 Å². The van der Waals surface area contributed by atoms with Gasteiger partial charge in [-0.2, -0.15) is 0 Å². The fourth-order valence-electron chi connectivity index (χ4n) is 1.48. The summed E-state index contributed by atoms with van der Waals surface area (Å²) < 4.78 is 5.08. The smallest absolute Gasteiger partial charge is 0.333 e. The van der Waals surface area contributed by atoms with Crippen molar-refractivity contribution in [3.05, 3.63) is 12.2 Å². The predicted molar refractivity (Wildman–Crippen MR) is 63.7 cm³/mol. The highest BCUT2D eigenvalue weighted by atomic mass is 16.5.